The summed E-state index contributed by atoms with van der Waals surface area (Å²) in [6, 6.07) is 3.80. The van der Waals surface area contributed by atoms with E-state index in [1.54, 1.807) is 24.3 Å². The number of hydrogen-bond acceptors (Lipinski definition) is 4. The van der Waals surface area contributed by atoms with Gasteiger partial charge in [0.25, 0.3) is 0 Å². The fraction of sp³-hybridized carbons (Fsp3) is 0.333. The molecule has 2 heterocycles. The zero-order chi connectivity index (χ0) is 12.4. The van der Waals surface area contributed by atoms with Crippen LogP contribution < -0.4 is 0 Å². The molecule has 0 fully saturated rings. The lowest BCUT2D eigenvalue weighted by Crippen LogP contribution is -2.04. The summed E-state index contributed by atoms with van der Waals surface area (Å²) in [5.74, 6) is -0.365. The SMILES string of the molecule is CCOC(=O)c1cc(-c2cc(C)sc2C)n[nH]1. The van der Waals surface area contributed by atoms with Crippen LogP contribution in [-0.2, 0) is 4.74 Å². The molecule has 0 aliphatic carbocycles. The second-order valence-corrected chi connectivity index (χ2v) is 5.17. The minimum Gasteiger partial charge on any atom is -0.461 e. The van der Waals surface area contributed by atoms with Crippen molar-refractivity contribution in [3.8, 4) is 11.3 Å². The van der Waals surface area contributed by atoms with Crippen LogP contribution in [-0.4, -0.2) is 22.8 Å². The highest BCUT2D eigenvalue weighted by molar-refractivity contribution is 7.12. The third-order valence-electron chi connectivity index (χ3n) is 2.39. The predicted molar refractivity (Wildman–Crippen MR) is 67.3 cm³/mol. The van der Waals surface area contributed by atoms with E-state index < -0.39 is 0 Å². The van der Waals surface area contributed by atoms with Crippen molar-refractivity contribution in [2.75, 3.05) is 6.61 Å². The van der Waals surface area contributed by atoms with E-state index in [1.807, 2.05) is 6.92 Å². The summed E-state index contributed by atoms with van der Waals surface area (Å²) in [7, 11) is 0. The molecule has 0 amide bonds. The first-order valence-electron chi connectivity index (χ1n) is 5.41. The van der Waals surface area contributed by atoms with Gasteiger partial charge in [0, 0.05) is 15.3 Å². The van der Waals surface area contributed by atoms with Crippen LogP contribution in [0.5, 0.6) is 0 Å². The highest BCUT2D eigenvalue weighted by atomic mass is 32.1. The molecule has 0 aliphatic rings. The number of thiophene rings is 1. The van der Waals surface area contributed by atoms with Crippen molar-refractivity contribution >= 4 is 17.3 Å². The Bertz CT molecular complexity index is 542. The van der Waals surface area contributed by atoms with Crippen molar-refractivity contribution in [3.05, 3.63) is 27.6 Å². The predicted octanol–water partition coefficient (Wildman–Crippen LogP) is 2.93. The monoisotopic (exact) mass is 250 g/mol. The maximum absolute atomic E-state index is 11.5. The Balaban J connectivity index is 2.30. The van der Waals surface area contributed by atoms with E-state index in [1.165, 1.54) is 9.75 Å². The van der Waals surface area contributed by atoms with Crippen molar-refractivity contribution in [2.24, 2.45) is 0 Å². The summed E-state index contributed by atoms with van der Waals surface area (Å²) >= 11 is 1.72. The van der Waals surface area contributed by atoms with Crippen molar-refractivity contribution < 1.29 is 9.53 Å². The molecule has 4 nitrogen and oxygen atoms in total. The van der Waals surface area contributed by atoms with Gasteiger partial charge in [-0.2, -0.15) is 5.10 Å². The second kappa shape index (κ2) is 4.71. The Morgan fingerprint density at radius 3 is 2.82 bits per heavy atom. The lowest BCUT2D eigenvalue weighted by atomic mass is 10.2. The van der Waals surface area contributed by atoms with Crippen LogP contribution in [0.15, 0.2) is 12.1 Å². The standard InChI is InChI=1S/C12H14N2O2S/c1-4-16-12(15)11-6-10(13-14-11)9-5-7(2)17-8(9)3/h5-6H,4H2,1-3H3,(H,13,14). The number of ether oxygens (including phenoxy) is 1. The average Bonchev–Trinajstić information content (AvgIpc) is 2.85. The lowest BCUT2D eigenvalue weighted by Gasteiger charge is -1.96. The number of nitrogens with one attached hydrogen (secondary N) is 1. The Kier molecular flexibility index (Phi) is 3.28. The molecule has 0 atom stereocenters. The van der Waals surface area contributed by atoms with Gasteiger partial charge < -0.3 is 4.74 Å². The molecule has 1 N–H and O–H groups in total. The number of esters is 1. The van der Waals surface area contributed by atoms with Crippen LogP contribution in [0.4, 0.5) is 0 Å². The number of rotatable bonds is 3. The van der Waals surface area contributed by atoms with Crippen molar-refractivity contribution in [1.82, 2.24) is 10.2 Å². The summed E-state index contributed by atoms with van der Waals surface area (Å²) < 4.78 is 4.90. The average molecular weight is 250 g/mol. The van der Waals surface area contributed by atoms with Gasteiger partial charge in [-0.1, -0.05) is 0 Å². The quantitative estimate of drug-likeness (QED) is 0.852. The fourth-order valence-electron chi connectivity index (χ4n) is 1.66. The van der Waals surface area contributed by atoms with Crippen molar-refractivity contribution in [3.63, 3.8) is 0 Å². The molecule has 0 saturated carbocycles. The molecular weight excluding hydrogens is 236 g/mol. The number of aromatic amines is 1. The first-order valence-corrected chi connectivity index (χ1v) is 6.23. The van der Waals surface area contributed by atoms with Gasteiger partial charge in [0.2, 0.25) is 0 Å². The molecule has 0 saturated heterocycles. The third-order valence-corrected chi connectivity index (χ3v) is 3.36. The highest BCUT2D eigenvalue weighted by Gasteiger charge is 2.14. The van der Waals surface area contributed by atoms with Gasteiger partial charge in [-0.05, 0) is 32.9 Å². The van der Waals surface area contributed by atoms with Crippen LogP contribution in [0.25, 0.3) is 11.3 Å². The summed E-state index contributed by atoms with van der Waals surface area (Å²) in [6.07, 6.45) is 0. The normalized spacial score (nSPS) is 10.5. The number of nitrogens with zero attached hydrogens (tertiary/aromatic N) is 1. The summed E-state index contributed by atoms with van der Waals surface area (Å²) in [5.41, 5.74) is 2.25. The van der Waals surface area contributed by atoms with E-state index in [-0.39, 0.29) is 5.97 Å². The number of carbonyl (C=O) groups excluding carboxylic acids is 1. The maximum atomic E-state index is 11.5. The zero-order valence-electron chi connectivity index (χ0n) is 10.0. The number of H-pyrrole nitrogens is 1. The topological polar surface area (TPSA) is 55.0 Å². The van der Waals surface area contributed by atoms with E-state index >= 15 is 0 Å². The van der Waals surface area contributed by atoms with E-state index in [2.05, 4.69) is 23.2 Å². The summed E-state index contributed by atoms with van der Waals surface area (Å²) in [6.45, 7) is 6.25. The Morgan fingerprint density at radius 2 is 2.24 bits per heavy atom. The van der Waals surface area contributed by atoms with Gasteiger partial charge in [0.15, 0.2) is 0 Å². The van der Waals surface area contributed by atoms with Gasteiger partial charge in [-0.15, -0.1) is 11.3 Å². The second-order valence-electron chi connectivity index (χ2n) is 3.71. The smallest absolute Gasteiger partial charge is 0.356 e. The molecule has 2 rings (SSSR count). The van der Waals surface area contributed by atoms with E-state index in [9.17, 15) is 4.79 Å². The number of aromatic nitrogens is 2. The summed E-state index contributed by atoms with van der Waals surface area (Å²) in [4.78, 5) is 13.9. The van der Waals surface area contributed by atoms with Crippen molar-refractivity contribution in [2.45, 2.75) is 20.8 Å². The van der Waals surface area contributed by atoms with Crippen LogP contribution in [0.2, 0.25) is 0 Å². The van der Waals surface area contributed by atoms with E-state index in [0.717, 1.165) is 11.3 Å². The van der Waals surface area contributed by atoms with E-state index in [0.29, 0.717) is 12.3 Å². The van der Waals surface area contributed by atoms with Gasteiger partial charge in [-0.3, -0.25) is 5.10 Å². The van der Waals surface area contributed by atoms with Crippen LogP contribution in [0.3, 0.4) is 0 Å². The summed E-state index contributed by atoms with van der Waals surface area (Å²) in [5, 5.41) is 6.85. The molecule has 2 aromatic heterocycles. The third kappa shape index (κ3) is 2.39. The van der Waals surface area contributed by atoms with Crippen molar-refractivity contribution in [1.29, 1.82) is 0 Å². The molecule has 0 spiro atoms. The Morgan fingerprint density at radius 1 is 1.47 bits per heavy atom. The van der Waals surface area contributed by atoms with Crippen LogP contribution >= 0.6 is 11.3 Å². The number of hydrogen-bond donors (Lipinski definition) is 1. The van der Waals surface area contributed by atoms with Gasteiger partial charge >= 0.3 is 5.97 Å². The minimum atomic E-state index is -0.365. The molecular formula is C12H14N2O2S. The van der Waals surface area contributed by atoms with Gasteiger partial charge in [0.1, 0.15) is 5.69 Å². The number of aryl methyl sites for hydroxylation is 2. The van der Waals surface area contributed by atoms with Crippen LogP contribution in [0.1, 0.15) is 27.2 Å². The highest BCUT2D eigenvalue weighted by Crippen LogP contribution is 2.29. The van der Waals surface area contributed by atoms with Gasteiger partial charge in [-0.25, -0.2) is 4.79 Å². The minimum absolute atomic E-state index is 0.365. The Hall–Kier alpha value is -1.62. The fourth-order valence-corrected chi connectivity index (χ4v) is 2.59. The van der Waals surface area contributed by atoms with E-state index in [4.69, 9.17) is 4.74 Å². The largest absolute Gasteiger partial charge is 0.461 e. The number of carbonyl (C=O) groups is 1. The zero-order valence-corrected chi connectivity index (χ0v) is 10.9. The molecule has 0 aliphatic heterocycles. The van der Waals surface area contributed by atoms with Crippen LogP contribution in [0, 0.1) is 13.8 Å². The van der Waals surface area contributed by atoms with Gasteiger partial charge in [0.05, 0.1) is 12.3 Å². The molecule has 17 heavy (non-hydrogen) atoms. The molecule has 90 valence electrons. The molecule has 0 bridgehead atoms. The maximum Gasteiger partial charge on any atom is 0.356 e. The molecule has 0 aromatic carbocycles. The Labute approximate surface area is 104 Å². The first-order chi connectivity index (χ1) is 8.11. The molecule has 5 heteroatoms. The first kappa shape index (κ1) is 11.9. The molecule has 0 unspecified atom stereocenters. The lowest BCUT2D eigenvalue weighted by molar-refractivity contribution is 0.0519. The molecule has 2 aromatic rings. The molecule has 0 radical (unpaired) electrons.